The van der Waals surface area contributed by atoms with Gasteiger partial charge in [0, 0.05) is 12.8 Å². The van der Waals surface area contributed by atoms with E-state index in [1.165, 1.54) is 0 Å². The van der Waals surface area contributed by atoms with Crippen LogP contribution < -0.4 is 10.6 Å². The van der Waals surface area contributed by atoms with Crippen molar-refractivity contribution >= 4 is 17.6 Å². The summed E-state index contributed by atoms with van der Waals surface area (Å²) < 4.78 is 0. The van der Waals surface area contributed by atoms with Crippen LogP contribution in [0.4, 0.5) is 0 Å². The first-order valence-electron chi connectivity index (χ1n) is 9.57. The highest BCUT2D eigenvalue weighted by atomic mass is 16.2. The molecule has 0 aromatic rings. The van der Waals surface area contributed by atoms with E-state index < -0.39 is 6.04 Å². The number of amides is 2. The van der Waals surface area contributed by atoms with E-state index in [4.69, 9.17) is 0 Å². The van der Waals surface area contributed by atoms with Crippen LogP contribution in [0.3, 0.4) is 0 Å². The Hall–Kier alpha value is -1.39. The molecule has 0 aromatic carbocycles. The maximum Gasteiger partial charge on any atom is 0.242 e. The summed E-state index contributed by atoms with van der Waals surface area (Å²) in [6.45, 7) is 18.3. The maximum absolute atomic E-state index is 12.5. The summed E-state index contributed by atoms with van der Waals surface area (Å²) in [5.74, 6) is -0.406. The molecule has 0 aliphatic rings. The highest BCUT2D eigenvalue weighted by Gasteiger charge is 2.28. The molecule has 5 heteroatoms. The molecule has 0 aliphatic carbocycles. The number of hydrogen-bond acceptors (Lipinski definition) is 3. The van der Waals surface area contributed by atoms with E-state index >= 15 is 0 Å². The summed E-state index contributed by atoms with van der Waals surface area (Å²) in [5, 5.41) is 5.55. The molecule has 26 heavy (non-hydrogen) atoms. The molecule has 0 fully saturated rings. The minimum absolute atomic E-state index is 0.0174. The van der Waals surface area contributed by atoms with Gasteiger partial charge in [-0.25, -0.2) is 0 Å². The van der Waals surface area contributed by atoms with Crippen molar-refractivity contribution in [2.24, 2.45) is 16.2 Å². The molecule has 0 bridgehead atoms. The van der Waals surface area contributed by atoms with Gasteiger partial charge in [-0.2, -0.15) is 0 Å². The Labute approximate surface area is 160 Å². The van der Waals surface area contributed by atoms with Crippen molar-refractivity contribution in [3.63, 3.8) is 0 Å². The third kappa shape index (κ3) is 13.9. The van der Waals surface area contributed by atoms with E-state index in [0.29, 0.717) is 19.3 Å². The Morgan fingerprint density at radius 3 is 1.77 bits per heavy atom. The molecule has 5 nitrogen and oxygen atoms in total. The molecular formula is C21H40N2O3. The zero-order valence-electron chi connectivity index (χ0n) is 18.3. The van der Waals surface area contributed by atoms with E-state index in [1.807, 2.05) is 41.5 Å². The molecule has 0 unspecified atom stereocenters. The van der Waals surface area contributed by atoms with Crippen LogP contribution >= 0.6 is 0 Å². The third-order valence-electron chi connectivity index (χ3n) is 3.77. The minimum atomic E-state index is -0.625. The Morgan fingerprint density at radius 2 is 1.35 bits per heavy atom. The second kappa shape index (κ2) is 9.52. The van der Waals surface area contributed by atoms with Gasteiger partial charge in [-0.05, 0) is 29.1 Å². The first-order valence-corrected chi connectivity index (χ1v) is 9.57. The predicted molar refractivity (Wildman–Crippen MR) is 107 cm³/mol. The lowest BCUT2D eigenvalue weighted by Crippen LogP contribution is -2.49. The summed E-state index contributed by atoms with van der Waals surface area (Å²) in [7, 11) is 0. The smallest absolute Gasteiger partial charge is 0.242 e. The SMILES string of the molecule is CC(C)(C)CCC(=O)CNC(=O)[C@H](CC(C)(C)C)NC(=O)CC(C)(C)C. The lowest BCUT2D eigenvalue weighted by Gasteiger charge is -2.27. The van der Waals surface area contributed by atoms with E-state index in [0.717, 1.165) is 6.42 Å². The van der Waals surface area contributed by atoms with Crippen LogP contribution in [-0.2, 0) is 14.4 Å². The molecule has 0 aromatic heterocycles. The maximum atomic E-state index is 12.5. The Kier molecular flexibility index (Phi) is 9.01. The first kappa shape index (κ1) is 24.6. The number of ketones is 1. The molecule has 0 saturated carbocycles. The van der Waals surface area contributed by atoms with Crippen molar-refractivity contribution in [1.82, 2.24) is 10.6 Å². The van der Waals surface area contributed by atoms with Gasteiger partial charge in [-0.15, -0.1) is 0 Å². The summed E-state index contributed by atoms with van der Waals surface area (Å²) in [6, 6.07) is -0.625. The van der Waals surface area contributed by atoms with Gasteiger partial charge in [0.15, 0.2) is 5.78 Å². The Morgan fingerprint density at radius 1 is 0.808 bits per heavy atom. The molecular weight excluding hydrogens is 328 g/mol. The molecule has 0 heterocycles. The van der Waals surface area contributed by atoms with Crippen molar-refractivity contribution in [2.45, 2.75) is 94.0 Å². The number of Topliss-reactive ketones (excluding diaryl/α,β-unsaturated/α-hetero) is 1. The summed E-state index contributed by atoms with van der Waals surface area (Å²) in [5.41, 5.74) is -0.168. The summed E-state index contributed by atoms with van der Waals surface area (Å²) in [6.07, 6.45) is 2.11. The quantitative estimate of drug-likeness (QED) is 0.683. The lowest BCUT2D eigenvalue weighted by molar-refractivity contribution is -0.131. The number of hydrogen-bond donors (Lipinski definition) is 2. The van der Waals surface area contributed by atoms with Gasteiger partial charge in [-0.3, -0.25) is 14.4 Å². The standard InChI is InChI=1S/C21H40N2O3/c1-19(2,3)11-10-15(24)14-22-18(26)16(12-20(4,5)6)23-17(25)13-21(7,8)9/h16H,10-14H2,1-9H3,(H,22,26)(H,23,25)/t16-/m0/s1. The molecule has 2 amide bonds. The zero-order valence-corrected chi connectivity index (χ0v) is 18.3. The van der Waals surface area contributed by atoms with E-state index in [9.17, 15) is 14.4 Å². The van der Waals surface area contributed by atoms with E-state index in [1.54, 1.807) is 0 Å². The lowest BCUT2D eigenvalue weighted by atomic mass is 9.87. The van der Waals surface area contributed by atoms with Crippen LogP contribution in [0.5, 0.6) is 0 Å². The van der Waals surface area contributed by atoms with Crippen LogP contribution in [0.25, 0.3) is 0 Å². The predicted octanol–water partition coefficient (Wildman–Crippen LogP) is 3.86. The van der Waals surface area contributed by atoms with Crippen molar-refractivity contribution in [1.29, 1.82) is 0 Å². The minimum Gasteiger partial charge on any atom is -0.347 e. The third-order valence-corrected chi connectivity index (χ3v) is 3.77. The topological polar surface area (TPSA) is 75.3 Å². The largest absolute Gasteiger partial charge is 0.347 e. The second-order valence-corrected chi connectivity index (χ2v) is 10.9. The van der Waals surface area contributed by atoms with Gasteiger partial charge in [0.2, 0.25) is 11.8 Å². The van der Waals surface area contributed by atoms with Crippen LogP contribution in [0, 0.1) is 16.2 Å². The molecule has 152 valence electrons. The fraction of sp³-hybridized carbons (Fsp3) is 0.857. The second-order valence-electron chi connectivity index (χ2n) is 10.9. The van der Waals surface area contributed by atoms with Crippen molar-refractivity contribution in [3.8, 4) is 0 Å². The average Bonchev–Trinajstić information content (AvgIpc) is 2.37. The van der Waals surface area contributed by atoms with Gasteiger partial charge in [0.25, 0.3) is 0 Å². The van der Waals surface area contributed by atoms with Gasteiger partial charge < -0.3 is 10.6 Å². The van der Waals surface area contributed by atoms with Crippen molar-refractivity contribution in [3.05, 3.63) is 0 Å². The van der Waals surface area contributed by atoms with Crippen LogP contribution in [0.2, 0.25) is 0 Å². The molecule has 0 rings (SSSR count). The van der Waals surface area contributed by atoms with Crippen LogP contribution in [0.1, 0.15) is 88.0 Å². The number of carbonyl (C=O) groups is 3. The van der Waals surface area contributed by atoms with Crippen LogP contribution in [0.15, 0.2) is 0 Å². The van der Waals surface area contributed by atoms with Gasteiger partial charge >= 0.3 is 0 Å². The zero-order chi connectivity index (χ0) is 20.8. The monoisotopic (exact) mass is 368 g/mol. The number of carbonyl (C=O) groups excluding carboxylic acids is 3. The first-order chi connectivity index (χ1) is 11.5. The van der Waals surface area contributed by atoms with Crippen LogP contribution in [-0.4, -0.2) is 30.2 Å². The fourth-order valence-corrected chi connectivity index (χ4v) is 2.46. The molecule has 0 radical (unpaired) electrons. The van der Waals surface area contributed by atoms with Gasteiger partial charge in [0.1, 0.15) is 6.04 Å². The molecule has 0 spiro atoms. The Bertz CT molecular complexity index is 491. The molecule has 0 saturated heterocycles. The van der Waals surface area contributed by atoms with E-state index in [2.05, 4.69) is 31.4 Å². The normalized spacial score (nSPS) is 13.9. The van der Waals surface area contributed by atoms with Crippen molar-refractivity contribution < 1.29 is 14.4 Å². The average molecular weight is 369 g/mol. The number of rotatable bonds is 8. The molecule has 0 aliphatic heterocycles. The summed E-state index contributed by atoms with van der Waals surface area (Å²) >= 11 is 0. The fourth-order valence-electron chi connectivity index (χ4n) is 2.46. The van der Waals surface area contributed by atoms with E-state index in [-0.39, 0.29) is 40.4 Å². The van der Waals surface area contributed by atoms with Crippen molar-refractivity contribution in [2.75, 3.05) is 6.54 Å². The number of nitrogens with one attached hydrogen (secondary N) is 2. The highest BCUT2D eigenvalue weighted by Crippen LogP contribution is 2.23. The van der Waals surface area contributed by atoms with Gasteiger partial charge in [-0.1, -0.05) is 62.3 Å². The van der Waals surface area contributed by atoms with Gasteiger partial charge in [0.05, 0.1) is 6.54 Å². The highest BCUT2D eigenvalue weighted by molar-refractivity contribution is 5.91. The Balaban J connectivity index is 4.75. The molecule has 1 atom stereocenters. The molecule has 2 N–H and O–H groups in total. The summed E-state index contributed by atoms with van der Waals surface area (Å²) in [4.78, 5) is 36.8.